The van der Waals surface area contributed by atoms with E-state index in [-0.39, 0.29) is 0 Å². The predicted octanol–water partition coefficient (Wildman–Crippen LogP) is 9.62. The molecule has 0 aliphatic rings. The Kier molecular flexibility index (Phi) is 12.4. The molecule has 0 unspecified atom stereocenters. The van der Waals surface area contributed by atoms with Crippen LogP contribution in [0.25, 0.3) is 20.0 Å². The molecule has 0 radical (unpaired) electrons. The topological polar surface area (TPSA) is 51.6 Å². The van der Waals surface area contributed by atoms with Crippen LogP contribution in [-0.2, 0) is 25.7 Å². The minimum absolute atomic E-state index is 0.936. The number of aromatic nitrogens is 4. The molecule has 8 heteroatoms. The number of hydrogen-bond donors (Lipinski definition) is 0. The highest BCUT2D eigenvalue weighted by Crippen LogP contribution is 2.32. The third kappa shape index (κ3) is 8.57. The molecule has 40 heavy (non-hydrogen) atoms. The van der Waals surface area contributed by atoms with Crippen LogP contribution in [0.15, 0.2) is 10.8 Å². The Morgan fingerprint density at radius 3 is 1.32 bits per heavy atom. The van der Waals surface area contributed by atoms with E-state index in [0.717, 1.165) is 92.5 Å². The quantitative estimate of drug-likeness (QED) is 0.134. The Morgan fingerprint density at radius 2 is 0.925 bits per heavy atom. The number of hydrogen-bond acceptors (Lipinski definition) is 8. The first-order valence-electron chi connectivity index (χ1n) is 14.6. The summed E-state index contributed by atoms with van der Waals surface area (Å²) < 4.78 is 0. The van der Waals surface area contributed by atoms with Gasteiger partial charge in [0, 0.05) is 10.8 Å². The molecule has 0 atom stereocenters. The van der Waals surface area contributed by atoms with E-state index in [0.29, 0.717) is 0 Å². The first-order valence-corrected chi connectivity index (χ1v) is 17.9. The fourth-order valence-corrected chi connectivity index (χ4v) is 7.75. The van der Waals surface area contributed by atoms with Crippen LogP contribution >= 0.6 is 45.3 Å². The van der Waals surface area contributed by atoms with Crippen LogP contribution in [0.3, 0.4) is 0 Å². The second kappa shape index (κ2) is 16.2. The van der Waals surface area contributed by atoms with Gasteiger partial charge in [0.15, 0.2) is 20.0 Å². The maximum Gasteiger partial charge on any atom is 0.153 e. The van der Waals surface area contributed by atoms with Crippen molar-refractivity contribution in [2.75, 3.05) is 0 Å². The largest absolute Gasteiger partial charge is 0.239 e. The van der Waals surface area contributed by atoms with Crippen LogP contribution in [0.5, 0.6) is 0 Å². The third-order valence-electron chi connectivity index (χ3n) is 6.39. The summed E-state index contributed by atoms with van der Waals surface area (Å²) >= 11 is 6.68. The molecule has 4 heterocycles. The SMILES string of the molecule is CCCCc1csc(-c2nc(CCCC)c(C#CC#Cc3sc(-c4nc(CCCC)cs4)nc3CCCC)s2)n1. The standard InChI is InChI=1S/C32H38N4S4/c1-5-9-15-23-21-37-29(33-23)31-35-25(17-11-7-3)27(39-31)19-13-14-20-28-26(18-12-8-4)36-32(40-28)30-34-24(22-38-30)16-10-6-2/h21-22H,5-12,15-18H2,1-4H3. The lowest BCUT2D eigenvalue weighted by Gasteiger charge is -1.94. The lowest BCUT2D eigenvalue weighted by Crippen LogP contribution is -1.89. The second-order valence-electron chi connectivity index (χ2n) is 9.79. The number of thiazole rings is 4. The predicted molar refractivity (Wildman–Crippen MR) is 175 cm³/mol. The molecule has 0 spiro atoms. The van der Waals surface area contributed by atoms with E-state index in [1.165, 1.54) is 37.1 Å². The van der Waals surface area contributed by atoms with Gasteiger partial charge in [-0.2, -0.15) is 0 Å². The van der Waals surface area contributed by atoms with Gasteiger partial charge in [-0.15, -0.1) is 45.3 Å². The zero-order chi connectivity index (χ0) is 28.2. The van der Waals surface area contributed by atoms with Gasteiger partial charge in [0.25, 0.3) is 0 Å². The minimum atomic E-state index is 0.936. The van der Waals surface area contributed by atoms with Crippen molar-refractivity contribution in [3.05, 3.63) is 43.3 Å². The highest BCUT2D eigenvalue weighted by Gasteiger charge is 2.15. The summed E-state index contributed by atoms with van der Waals surface area (Å²) in [5.41, 5.74) is 4.49. The van der Waals surface area contributed by atoms with Crippen molar-refractivity contribution < 1.29 is 0 Å². The average Bonchev–Trinajstić information content (AvgIpc) is 3.77. The Hall–Kier alpha value is -2.36. The number of unbranched alkanes of at least 4 members (excludes halogenated alkanes) is 4. The van der Waals surface area contributed by atoms with Crippen molar-refractivity contribution in [2.24, 2.45) is 0 Å². The van der Waals surface area contributed by atoms with Crippen molar-refractivity contribution >= 4 is 45.3 Å². The van der Waals surface area contributed by atoms with E-state index in [1.54, 1.807) is 45.3 Å². The molecule has 0 saturated carbocycles. The van der Waals surface area contributed by atoms with Crippen LogP contribution in [0, 0.1) is 23.7 Å². The fourth-order valence-electron chi connectivity index (χ4n) is 4.04. The lowest BCUT2D eigenvalue weighted by molar-refractivity contribution is 0.778. The van der Waals surface area contributed by atoms with Gasteiger partial charge in [0.1, 0.15) is 9.75 Å². The van der Waals surface area contributed by atoms with Gasteiger partial charge in [0.2, 0.25) is 0 Å². The van der Waals surface area contributed by atoms with Crippen LogP contribution in [0.4, 0.5) is 0 Å². The van der Waals surface area contributed by atoms with Crippen molar-refractivity contribution in [2.45, 2.75) is 105 Å². The summed E-state index contributed by atoms with van der Waals surface area (Å²) in [6.45, 7) is 8.85. The Bertz CT molecular complexity index is 1370. The van der Waals surface area contributed by atoms with Crippen LogP contribution < -0.4 is 0 Å². The molecule has 0 fully saturated rings. The van der Waals surface area contributed by atoms with Gasteiger partial charge in [-0.05, 0) is 75.0 Å². The Labute approximate surface area is 255 Å². The molecular formula is C32H38N4S4. The van der Waals surface area contributed by atoms with Gasteiger partial charge in [-0.3, -0.25) is 0 Å². The first-order chi connectivity index (χ1) is 19.6. The first kappa shape index (κ1) is 30.6. The van der Waals surface area contributed by atoms with Crippen molar-refractivity contribution in [3.8, 4) is 43.7 Å². The molecule has 0 aliphatic heterocycles. The zero-order valence-electron chi connectivity index (χ0n) is 24.1. The third-order valence-corrected chi connectivity index (χ3v) is 10.5. The van der Waals surface area contributed by atoms with E-state index in [4.69, 9.17) is 19.9 Å². The monoisotopic (exact) mass is 606 g/mol. The van der Waals surface area contributed by atoms with E-state index < -0.39 is 0 Å². The smallest absolute Gasteiger partial charge is 0.153 e. The maximum atomic E-state index is 4.96. The molecule has 0 amide bonds. The van der Waals surface area contributed by atoms with Crippen LogP contribution in [0.2, 0.25) is 0 Å². The maximum absolute atomic E-state index is 4.96. The summed E-state index contributed by atoms with van der Waals surface area (Å²) in [7, 11) is 0. The summed E-state index contributed by atoms with van der Waals surface area (Å²) in [5, 5.41) is 8.31. The Balaban J connectivity index is 1.56. The Morgan fingerprint density at radius 1 is 0.525 bits per heavy atom. The van der Waals surface area contributed by atoms with Gasteiger partial charge in [-0.25, -0.2) is 19.9 Å². The molecule has 0 aliphatic carbocycles. The number of nitrogens with zero attached hydrogens (tertiary/aromatic N) is 4. The van der Waals surface area contributed by atoms with E-state index in [2.05, 4.69) is 62.1 Å². The zero-order valence-corrected chi connectivity index (χ0v) is 27.3. The molecule has 4 aromatic heterocycles. The summed E-state index contributed by atoms with van der Waals surface area (Å²) in [6, 6.07) is 0. The van der Waals surface area contributed by atoms with Crippen molar-refractivity contribution in [1.29, 1.82) is 0 Å². The lowest BCUT2D eigenvalue weighted by atomic mass is 10.2. The van der Waals surface area contributed by atoms with Gasteiger partial charge < -0.3 is 0 Å². The van der Waals surface area contributed by atoms with Gasteiger partial charge in [0.05, 0.1) is 22.8 Å². The van der Waals surface area contributed by atoms with Gasteiger partial charge >= 0.3 is 0 Å². The molecule has 0 N–H and O–H groups in total. The molecule has 4 rings (SSSR count). The summed E-state index contributed by atoms with van der Waals surface area (Å²) in [4.78, 5) is 21.6. The highest BCUT2D eigenvalue weighted by atomic mass is 32.1. The normalized spacial score (nSPS) is 10.8. The van der Waals surface area contributed by atoms with Crippen molar-refractivity contribution in [1.82, 2.24) is 19.9 Å². The van der Waals surface area contributed by atoms with Crippen LogP contribution in [-0.4, -0.2) is 19.9 Å². The molecule has 0 aromatic carbocycles. The van der Waals surface area contributed by atoms with E-state index in [9.17, 15) is 0 Å². The van der Waals surface area contributed by atoms with E-state index in [1.807, 2.05) is 0 Å². The fraction of sp³-hybridized carbons (Fsp3) is 0.500. The molecule has 4 nitrogen and oxygen atoms in total. The second-order valence-corrected chi connectivity index (χ2v) is 13.5. The number of aryl methyl sites for hydroxylation is 4. The molecule has 4 aromatic rings. The summed E-state index contributed by atoms with van der Waals surface area (Å²) in [5.74, 6) is 12.9. The average molecular weight is 607 g/mol. The summed E-state index contributed by atoms with van der Waals surface area (Å²) in [6.07, 6.45) is 13.1. The molecule has 0 saturated heterocycles. The molecular weight excluding hydrogens is 569 g/mol. The van der Waals surface area contributed by atoms with Crippen molar-refractivity contribution in [3.63, 3.8) is 0 Å². The van der Waals surface area contributed by atoms with E-state index >= 15 is 0 Å². The highest BCUT2D eigenvalue weighted by molar-refractivity contribution is 7.21. The van der Waals surface area contributed by atoms with Crippen LogP contribution in [0.1, 0.15) is 112 Å². The molecule has 0 bridgehead atoms. The van der Waals surface area contributed by atoms with Gasteiger partial charge in [-0.1, -0.05) is 53.4 Å². The number of rotatable bonds is 14. The molecule has 210 valence electrons. The minimum Gasteiger partial charge on any atom is -0.239 e.